The monoisotopic (exact) mass is 592 g/mol. The van der Waals surface area contributed by atoms with Crippen molar-refractivity contribution in [1.82, 2.24) is 24.8 Å². The summed E-state index contributed by atoms with van der Waals surface area (Å²) in [7, 11) is 4.06. The number of aliphatic imine (C=N–C) groups is 1. The van der Waals surface area contributed by atoms with Crippen LogP contribution in [-0.2, 0) is 4.74 Å². The fourth-order valence-electron chi connectivity index (χ4n) is 5.23. The van der Waals surface area contributed by atoms with Crippen molar-refractivity contribution in [3.8, 4) is 0 Å². The van der Waals surface area contributed by atoms with Crippen molar-refractivity contribution >= 4 is 45.3 Å². The number of benzene rings is 2. The van der Waals surface area contributed by atoms with Gasteiger partial charge in [-0.25, -0.2) is 15.0 Å². The molecule has 0 spiro atoms. The van der Waals surface area contributed by atoms with E-state index in [4.69, 9.17) is 9.84 Å². The van der Waals surface area contributed by atoms with Crippen LogP contribution in [0, 0.1) is 10.1 Å². The molecule has 0 radical (unpaired) electrons. The predicted molar refractivity (Wildman–Crippen MR) is 163 cm³/mol. The zero-order valence-corrected chi connectivity index (χ0v) is 24.0. The van der Waals surface area contributed by atoms with Gasteiger partial charge in [-0.3, -0.25) is 14.7 Å². The first-order valence-corrected chi connectivity index (χ1v) is 14.1. The van der Waals surface area contributed by atoms with Crippen molar-refractivity contribution in [2.24, 2.45) is 4.99 Å². The van der Waals surface area contributed by atoms with Crippen molar-refractivity contribution in [3.63, 3.8) is 0 Å². The molecule has 0 aliphatic carbocycles. The number of nitrogens with one attached hydrogen (secondary N) is 2. The Morgan fingerprint density at radius 3 is 2.72 bits per heavy atom. The van der Waals surface area contributed by atoms with E-state index < -0.39 is 24.5 Å². The number of nitro groups is 1. The fourth-order valence-corrected chi connectivity index (χ4v) is 5.23. The van der Waals surface area contributed by atoms with Crippen LogP contribution < -0.4 is 10.6 Å². The van der Waals surface area contributed by atoms with Gasteiger partial charge in [0.25, 0.3) is 5.69 Å². The quantitative estimate of drug-likeness (QED) is 0.0877. The van der Waals surface area contributed by atoms with Gasteiger partial charge in [0.05, 0.1) is 47.0 Å². The summed E-state index contributed by atoms with van der Waals surface area (Å²) in [5.74, 6) is 0.508. The summed E-state index contributed by atoms with van der Waals surface area (Å²) < 4.78 is 7.22. The first-order valence-electron chi connectivity index (χ1n) is 14.1. The molecule has 6 rings (SSSR count). The number of ether oxygens (including phenoxy) is 1. The highest BCUT2D eigenvalue weighted by Gasteiger charge is 2.36. The number of fused-ring (bicyclic) bond motifs is 3. The maximum Gasteiger partial charge on any atom is 0.280 e. The summed E-state index contributed by atoms with van der Waals surface area (Å²) >= 11 is 0. The van der Waals surface area contributed by atoms with E-state index in [0.29, 0.717) is 35.4 Å². The summed E-state index contributed by atoms with van der Waals surface area (Å²) in [6.07, 6.45) is 1.85. The number of hydrogen-bond donors (Lipinski definition) is 5. The van der Waals surface area contributed by atoms with Crippen LogP contribution in [0.25, 0.3) is 21.8 Å². The Labute approximate surface area is 247 Å². The van der Waals surface area contributed by atoms with E-state index in [1.165, 1.54) is 18.7 Å². The molecule has 4 aromatic rings. The molecule has 0 saturated carbocycles. The highest BCUT2D eigenvalue weighted by molar-refractivity contribution is 6.11. The van der Waals surface area contributed by atoms with Gasteiger partial charge in [-0.15, -0.1) is 0 Å². The minimum absolute atomic E-state index is 0.0841. The van der Waals surface area contributed by atoms with E-state index in [9.17, 15) is 20.3 Å². The van der Waals surface area contributed by atoms with Gasteiger partial charge < -0.3 is 35.6 Å². The Hall–Kier alpha value is -4.21. The number of non-ortho nitro benzene ring substituents is 1. The summed E-state index contributed by atoms with van der Waals surface area (Å²) in [5, 5.41) is 47.9. The number of anilines is 1. The standard InChI is InChI=1S/C18H20N4O2.C11H16N4O4/c1-21(2)12-6-11-19-18-13-7-3-4-8-14(13)20-15-9-5-10-16(17(15)18)22(23)24;16-3-8-6(17)1-9(19-8)15-5-14-10-7(18)2-12-4-13-11(10)15/h3-5,7-10H,6,11-12H2,1-2H3,(H,19,20);4-9,16-18H,1-3H2,(H,12,13)/t;6-,7+,8+,9+/m.0/s1. The molecule has 2 aliphatic heterocycles. The van der Waals surface area contributed by atoms with Gasteiger partial charge in [-0.05, 0) is 39.2 Å². The van der Waals surface area contributed by atoms with Crippen LogP contribution in [0.2, 0.25) is 0 Å². The molecule has 2 aliphatic rings. The molecule has 2 aromatic carbocycles. The fraction of sp³-hybridized carbons (Fsp3) is 0.414. The minimum Gasteiger partial charge on any atom is -0.394 e. The maximum absolute atomic E-state index is 11.5. The lowest BCUT2D eigenvalue weighted by Crippen LogP contribution is -2.24. The van der Waals surface area contributed by atoms with Gasteiger partial charge in [0, 0.05) is 31.0 Å². The summed E-state index contributed by atoms with van der Waals surface area (Å²) in [6.45, 7) is 1.81. The number of β-amino-alcohol motifs (C(OH)–C–C–N with tert-alkyl or cyclic N) is 1. The van der Waals surface area contributed by atoms with Gasteiger partial charge in [0.2, 0.25) is 0 Å². The van der Waals surface area contributed by atoms with Crippen LogP contribution in [-0.4, -0.2) is 98.6 Å². The normalized spacial score (nSPS) is 21.3. The molecule has 14 heteroatoms. The van der Waals surface area contributed by atoms with Crippen LogP contribution in [0.15, 0.2) is 53.8 Å². The topological polar surface area (TPSA) is 183 Å². The Balaban J connectivity index is 0.000000176. The number of nitro benzene ring substituents is 1. The average molecular weight is 593 g/mol. The molecule has 1 fully saturated rings. The highest BCUT2D eigenvalue weighted by Crippen LogP contribution is 2.37. The summed E-state index contributed by atoms with van der Waals surface area (Å²) in [6, 6.07) is 12.8. The van der Waals surface area contributed by atoms with Crippen molar-refractivity contribution in [2.75, 3.05) is 45.7 Å². The zero-order valence-electron chi connectivity index (χ0n) is 24.0. The Morgan fingerprint density at radius 2 is 1.98 bits per heavy atom. The number of nitrogens with zero attached hydrogens (tertiary/aromatic N) is 6. The van der Waals surface area contributed by atoms with E-state index in [2.05, 4.69) is 30.5 Å². The average Bonchev–Trinajstić information content (AvgIpc) is 3.54. The van der Waals surface area contributed by atoms with Gasteiger partial charge in [-0.2, -0.15) is 0 Å². The van der Waals surface area contributed by atoms with Crippen molar-refractivity contribution in [3.05, 3.63) is 64.6 Å². The number of aliphatic hydroxyl groups is 3. The molecule has 1 saturated heterocycles. The van der Waals surface area contributed by atoms with Crippen LogP contribution in [0.3, 0.4) is 0 Å². The van der Waals surface area contributed by atoms with Crippen molar-refractivity contribution < 1.29 is 25.0 Å². The van der Waals surface area contributed by atoms with E-state index >= 15 is 0 Å². The van der Waals surface area contributed by atoms with E-state index in [0.717, 1.165) is 36.1 Å². The summed E-state index contributed by atoms with van der Waals surface area (Å²) in [4.78, 5) is 26.2. The van der Waals surface area contributed by atoms with Crippen LogP contribution in [0.5, 0.6) is 0 Å². The second-order valence-electron chi connectivity index (χ2n) is 10.7. The number of pyridine rings is 1. The summed E-state index contributed by atoms with van der Waals surface area (Å²) in [5.41, 5.74) is 2.83. The Bertz CT molecular complexity index is 1610. The second-order valence-corrected chi connectivity index (χ2v) is 10.7. The SMILES string of the molecule is CN(C)CCCNc1c2ccccc2nc2cccc([N+](=O)[O-])c12.OC[C@H]1O[C@@H](n2cnc3c2N=CNC[C@H]3O)C[C@@H]1O. The zero-order chi connectivity index (χ0) is 30.5. The first kappa shape index (κ1) is 30.3. The first-order chi connectivity index (χ1) is 20.8. The largest absolute Gasteiger partial charge is 0.394 e. The Morgan fingerprint density at radius 1 is 1.19 bits per heavy atom. The molecule has 4 atom stereocenters. The van der Waals surface area contributed by atoms with Crippen molar-refractivity contribution in [2.45, 2.75) is 37.4 Å². The van der Waals surface area contributed by atoms with Crippen LogP contribution >= 0.6 is 0 Å². The van der Waals surface area contributed by atoms with E-state index in [1.807, 2.05) is 44.4 Å². The number of imidazole rings is 1. The smallest absolute Gasteiger partial charge is 0.280 e. The molecular weight excluding hydrogens is 556 g/mol. The number of rotatable bonds is 8. The van der Waals surface area contributed by atoms with E-state index in [1.54, 1.807) is 10.6 Å². The van der Waals surface area contributed by atoms with E-state index in [-0.39, 0.29) is 17.2 Å². The highest BCUT2D eigenvalue weighted by atomic mass is 16.6. The lowest BCUT2D eigenvalue weighted by molar-refractivity contribution is -0.383. The maximum atomic E-state index is 11.5. The van der Waals surface area contributed by atoms with Gasteiger partial charge in [0.15, 0.2) is 5.82 Å². The van der Waals surface area contributed by atoms with Gasteiger partial charge in [0.1, 0.15) is 29.5 Å². The second kappa shape index (κ2) is 13.4. The molecule has 2 aromatic heterocycles. The van der Waals surface area contributed by atoms with Crippen molar-refractivity contribution in [1.29, 1.82) is 0 Å². The third kappa shape index (κ3) is 6.58. The molecule has 0 bridgehead atoms. The predicted octanol–water partition coefficient (Wildman–Crippen LogP) is 2.48. The molecule has 228 valence electrons. The third-order valence-corrected chi connectivity index (χ3v) is 7.36. The number of para-hydroxylation sites is 1. The third-order valence-electron chi connectivity index (χ3n) is 7.36. The van der Waals surface area contributed by atoms with Crippen LogP contribution in [0.1, 0.15) is 30.9 Å². The molecule has 43 heavy (non-hydrogen) atoms. The lowest BCUT2D eigenvalue weighted by Gasteiger charge is -2.14. The van der Waals surface area contributed by atoms with Gasteiger partial charge in [-0.1, -0.05) is 24.3 Å². The van der Waals surface area contributed by atoms with Crippen LogP contribution in [0.4, 0.5) is 17.2 Å². The molecule has 4 heterocycles. The molecule has 5 N–H and O–H groups in total. The Kier molecular flexibility index (Phi) is 9.43. The molecule has 0 amide bonds. The number of hydrogen-bond acceptors (Lipinski definition) is 12. The lowest BCUT2D eigenvalue weighted by atomic mass is 10.1. The molecular formula is C29H36N8O6. The molecule has 0 unspecified atom stereocenters. The molecule has 14 nitrogen and oxygen atoms in total. The minimum atomic E-state index is -0.737. The number of aromatic nitrogens is 3. The number of aliphatic hydroxyl groups excluding tert-OH is 3. The van der Waals surface area contributed by atoms with Gasteiger partial charge >= 0.3 is 0 Å².